The SMILES string of the molecule is CCC(C)SSCCc1cccc2ccccc12. The number of aryl methyl sites for hydroxylation is 1. The van der Waals surface area contributed by atoms with Crippen molar-refractivity contribution in [3.8, 4) is 0 Å². The zero-order valence-corrected chi connectivity index (χ0v) is 12.7. The van der Waals surface area contributed by atoms with Crippen LogP contribution in [0.4, 0.5) is 0 Å². The molecule has 96 valence electrons. The molecule has 0 radical (unpaired) electrons. The first-order chi connectivity index (χ1) is 8.81. The van der Waals surface area contributed by atoms with Gasteiger partial charge < -0.3 is 0 Å². The van der Waals surface area contributed by atoms with Gasteiger partial charge in [-0.1, -0.05) is 77.9 Å². The van der Waals surface area contributed by atoms with Crippen LogP contribution in [0.3, 0.4) is 0 Å². The van der Waals surface area contributed by atoms with Crippen molar-refractivity contribution in [2.24, 2.45) is 0 Å². The molecule has 0 bridgehead atoms. The lowest BCUT2D eigenvalue weighted by Crippen LogP contribution is -1.92. The van der Waals surface area contributed by atoms with Gasteiger partial charge in [-0.2, -0.15) is 0 Å². The Balaban J connectivity index is 1.95. The molecule has 0 saturated carbocycles. The summed E-state index contributed by atoms with van der Waals surface area (Å²) in [5, 5.41) is 3.53. The molecule has 18 heavy (non-hydrogen) atoms. The maximum atomic E-state index is 2.30. The lowest BCUT2D eigenvalue weighted by Gasteiger charge is -2.08. The average Bonchev–Trinajstić information content (AvgIpc) is 2.43. The van der Waals surface area contributed by atoms with Gasteiger partial charge >= 0.3 is 0 Å². The molecule has 0 aliphatic carbocycles. The van der Waals surface area contributed by atoms with E-state index >= 15 is 0 Å². The second kappa shape index (κ2) is 7.10. The van der Waals surface area contributed by atoms with E-state index in [0.29, 0.717) is 0 Å². The fourth-order valence-electron chi connectivity index (χ4n) is 1.89. The second-order valence-corrected chi connectivity index (χ2v) is 7.45. The molecule has 0 nitrogen and oxygen atoms in total. The van der Waals surface area contributed by atoms with Gasteiger partial charge in [0.1, 0.15) is 0 Å². The highest BCUT2D eigenvalue weighted by atomic mass is 33.1. The molecular formula is C16H20S2. The van der Waals surface area contributed by atoms with Gasteiger partial charge in [0.05, 0.1) is 0 Å². The van der Waals surface area contributed by atoms with Crippen LogP contribution < -0.4 is 0 Å². The van der Waals surface area contributed by atoms with Crippen LogP contribution in [0.25, 0.3) is 10.8 Å². The standard InChI is InChI=1S/C16H20S2/c1-3-13(2)18-17-12-11-15-9-6-8-14-7-4-5-10-16(14)15/h4-10,13H,3,11-12H2,1-2H3. The van der Waals surface area contributed by atoms with Crippen molar-refractivity contribution in [2.75, 3.05) is 5.75 Å². The van der Waals surface area contributed by atoms with Crippen molar-refractivity contribution in [3.05, 3.63) is 48.0 Å². The zero-order chi connectivity index (χ0) is 12.8. The highest BCUT2D eigenvalue weighted by Crippen LogP contribution is 2.29. The summed E-state index contributed by atoms with van der Waals surface area (Å²) < 4.78 is 0. The van der Waals surface area contributed by atoms with E-state index in [1.807, 2.05) is 21.6 Å². The van der Waals surface area contributed by atoms with E-state index in [2.05, 4.69) is 56.3 Å². The molecule has 0 aliphatic rings. The summed E-state index contributed by atoms with van der Waals surface area (Å²) in [6, 6.07) is 15.3. The van der Waals surface area contributed by atoms with E-state index in [-0.39, 0.29) is 0 Å². The van der Waals surface area contributed by atoms with Crippen LogP contribution in [-0.2, 0) is 6.42 Å². The first kappa shape index (κ1) is 13.8. The third-order valence-electron chi connectivity index (χ3n) is 3.14. The molecule has 2 aromatic carbocycles. The molecule has 1 atom stereocenters. The summed E-state index contributed by atoms with van der Waals surface area (Å²) in [6.45, 7) is 4.55. The van der Waals surface area contributed by atoms with E-state index in [1.165, 1.54) is 28.5 Å². The fourth-order valence-corrected chi connectivity index (χ4v) is 4.31. The highest BCUT2D eigenvalue weighted by molar-refractivity contribution is 8.76. The molecule has 0 spiro atoms. The van der Waals surface area contributed by atoms with Crippen LogP contribution in [0.1, 0.15) is 25.8 Å². The third-order valence-corrected chi connectivity index (χ3v) is 6.20. The van der Waals surface area contributed by atoms with Crippen molar-refractivity contribution in [2.45, 2.75) is 31.9 Å². The Bertz CT molecular complexity index is 488. The first-order valence-corrected chi connectivity index (χ1v) is 8.94. The second-order valence-electron chi connectivity index (χ2n) is 4.53. The lowest BCUT2D eigenvalue weighted by molar-refractivity contribution is 0.912. The largest absolute Gasteiger partial charge is 0.0935 e. The summed E-state index contributed by atoms with van der Waals surface area (Å²) in [7, 11) is 4.02. The topological polar surface area (TPSA) is 0 Å². The smallest absolute Gasteiger partial charge is 0.0120 e. The predicted molar refractivity (Wildman–Crippen MR) is 87.5 cm³/mol. The summed E-state index contributed by atoms with van der Waals surface area (Å²) in [4.78, 5) is 0. The Hall–Kier alpha value is -0.600. The maximum Gasteiger partial charge on any atom is 0.0120 e. The average molecular weight is 276 g/mol. The van der Waals surface area contributed by atoms with Gasteiger partial charge in [-0.05, 0) is 29.2 Å². The zero-order valence-electron chi connectivity index (χ0n) is 11.1. The number of fused-ring (bicyclic) bond motifs is 1. The quantitative estimate of drug-likeness (QED) is 0.500. The van der Waals surface area contributed by atoms with E-state index in [0.717, 1.165) is 11.7 Å². The molecular weight excluding hydrogens is 256 g/mol. The summed E-state index contributed by atoms with van der Waals surface area (Å²) in [6.07, 6.45) is 2.42. The number of benzene rings is 2. The van der Waals surface area contributed by atoms with E-state index < -0.39 is 0 Å². The Morgan fingerprint density at radius 2 is 1.83 bits per heavy atom. The first-order valence-electron chi connectivity index (χ1n) is 6.56. The Morgan fingerprint density at radius 1 is 1.06 bits per heavy atom. The summed E-state index contributed by atoms with van der Waals surface area (Å²) in [5.74, 6) is 1.20. The lowest BCUT2D eigenvalue weighted by atomic mass is 10.0. The number of hydrogen-bond acceptors (Lipinski definition) is 2. The van der Waals surface area contributed by atoms with Crippen LogP contribution in [-0.4, -0.2) is 11.0 Å². The van der Waals surface area contributed by atoms with Crippen molar-refractivity contribution < 1.29 is 0 Å². The monoisotopic (exact) mass is 276 g/mol. The van der Waals surface area contributed by atoms with Crippen molar-refractivity contribution in [1.82, 2.24) is 0 Å². The minimum absolute atomic E-state index is 0.766. The minimum Gasteiger partial charge on any atom is -0.0935 e. The normalized spacial score (nSPS) is 12.8. The van der Waals surface area contributed by atoms with Crippen LogP contribution in [0.2, 0.25) is 0 Å². The summed E-state index contributed by atoms with van der Waals surface area (Å²) >= 11 is 0. The summed E-state index contributed by atoms with van der Waals surface area (Å²) in [5.41, 5.74) is 1.48. The van der Waals surface area contributed by atoms with Gasteiger partial charge in [-0.3, -0.25) is 0 Å². The molecule has 0 saturated heterocycles. The van der Waals surface area contributed by atoms with Crippen molar-refractivity contribution >= 4 is 32.4 Å². The highest BCUT2D eigenvalue weighted by Gasteiger charge is 2.02. The maximum absolute atomic E-state index is 2.30. The molecule has 0 fully saturated rings. The Kier molecular flexibility index (Phi) is 5.45. The molecule has 2 heteroatoms. The molecule has 2 aromatic rings. The molecule has 2 rings (SSSR count). The molecule has 0 heterocycles. The molecule has 0 aliphatic heterocycles. The number of rotatable bonds is 6. The molecule has 0 aromatic heterocycles. The van der Waals surface area contributed by atoms with Crippen LogP contribution in [0.15, 0.2) is 42.5 Å². The minimum atomic E-state index is 0.766. The van der Waals surface area contributed by atoms with Crippen molar-refractivity contribution in [3.63, 3.8) is 0 Å². The Morgan fingerprint density at radius 3 is 2.67 bits per heavy atom. The van der Waals surface area contributed by atoms with Gasteiger partial charge in [0.15, 0.2) is 0 Å². The van der Waals surface area contributed by atoms with Gasteiger partial charge in [0.25, 0.3) is 0 Å². The third kappa shape index (κ3) is 3.69. The van der Waals surface area contributed by atoms with Gasteiger partial charge in [0.2, 0.25) is 0 Å². The van der Waals surface area contributed by atoms with Gasteiger partial charge in [-0.25, -0.2) is 0 Å². The number of hydrogen-bond donors (Lipinski definition) is 0. The van der Waals surface area contributed by atoms with Crippen LogP contribution in [0, 0.1) is 0 Å². The molecule has 0 amide bonds. The van der Waals surface area contributed by atoms with Gasteiger partial charge in [0, 0.05) is 11.0 Å². The Labute approximate surface area is 118 Å². The van der Waals surface area contributed by atoms with E-state index in [9.17, 15) is 0 Å². The van der Waals surface area contributed by atoms with Crippen LogP contribution >= 0.6 is 21.6 Å². The molecule has 0 N–H and O–H groups in total. The van der Waals surface area contributed by atoms with Crippen molar-refractivity contribution in [1.29, 1.82) is 0 Å². The fraction of sp³-hybridized carbons (Fsp3) is 0.375. The predicted octanol–water partition coefficient (Wildman–Crippen LogP) is 5.56. The van der Waals surface area contributed by atoms with Crippen LogP contribution in [0.5, 0.6) is 0 Å². The van der Waals surface area contributed by atoms with Gasteiger partial charge in [-0.15, -0.1) is 0 Å². The molecule has 1 unspecified atom stereocenters. The van der Waals surface area contributed by atoms with E-state index in [4.69, 9.17) is 0 Å². The van der Waals surface area contributed by atoms with E-state index in [1.54, 1.807) is 0 Å².